The number of aromatic nitrogens is 8. The Hall–Kier alpha value is -3.86. The van der Waals surface area contributed by atoms with Crippen LogP contribution in [0.2, 0.25) is 5.02 Å². The van der Waals surface area contributed by atoms with Crippen LogP contribution in [0.4, 0.5) is 10.2 Å². The summed E-state index contributed by atoms with van der Waals surface area (Å²) >= 11 is 6.31. The number of fused-ring (bicyclic) bond motifs is 2. The summed E-state index contributed by atoms with van der Waals surface area (Å²) in [5.74, 6) is 0.850. The van der Waals surface area contributed by atoms with Crippen molar-refractivity contribution in [2.24, 2.45) is 0 Å². The molecule has 5 aromatic rings. The number of rotatable bonds is 4. The quantitative estimate of drug-likeness (QED) is 0.422. The van der Waals surface area contributed by atoms with Gasteiger partial charge in [-0.2, -0.15) is 5.10 Å². The molecule has 0 bridgehead atoms. The van der Waals surface area contributed by atoms with E-state index in [1.165, 1.54) is 21.7 Å². The molecule has 1 fully saturated rings. The zero-order valence-electron chi connectivity index (χ0n) is 18.1. The van der Waals surface area contributed by atoms with Crippen LogP contribution in [0.3, 0.4) is 0 Å². The second-order valence-corrected chi connectivity index (χ2v) is 8.88. The van der Waals surface area contributed by atoms with E-state index in [2.05, 4.69) is 24.9 Å². The van der Waals surface area contributed by atoms with Gasteiger partial charge in [-0.05, 0) is 25.1 Å². The molecule has 0 saturated carbocycles. The zero-order valence-corrected chi connectivity index (χ0v) is 18.8. The zero-order chi connectivity index (χ0) is 23.4. The molecule has 1 saturated heterocycles. The van der Waals surface area contributed by atoms with Crippen LogP contribution in [0, 0.1) is 0 Å². The Labute approximate surface area is 197 Å². The topological polar surface area (TPSA) is 110 Å². The summed E-state index contributed by atoms with van der Waals surface area (Å²) in [4.78, 5) is 35.8. The van der Waals surface area contributed by atoms with Crippen molar-refractivity contribution >= 4 is 34.1 Å². The molecule has 172 valence electrons. The normalized spacial score (nSPS) is 20.6. The van der Waals surface area contributed by atoms with Crippen LogP contribution in [-0.2, 0) is 12.1 Å². The predicted octanol–water partition coefficient (Wildman–Crippen LogP) is 2.72. The van der Waals surface area contributed by atoms with Crippen molar-refractivity contribution in [1.29, 1.82) is 0 Å². The van der Waals surface area contributed by atoms with E-state index in [1.807, 2.05) is 24.0 Å². The number of pyridine rings is 1. The number of halogens is 2. The lowest BCUT2D eigenvalue weighted by atomic mass is 9.96. The molecule has 0 aliphatic carbocycles. The maximum absolute atomic E-state index is 15.1. The van der Waals surface area contributed by atoms with Crippen LogP contribution in [0.25, 0.3) is 16.7 Å². The molecule has 2 atom stereocenters. The second kappa shape index (κ2) is 7.59. The average molecular weight is 480 g/mol. The molecular weight excluding hydrogens is 461 g/mol. The summed E-state index contributed by atoms with van der Waals surface area (Å²) in [6, 6.07) is 7.09. The molecule has 1 aliphatic rings. The number of anilines is 1. The first-order chi connectivity index (χ1) is 16.5. The summed E-state index contributed by atoms with van der Waals surface area (Å²) in [7, 11) is 0. The minimum absolute atomic E-state index is 0.0689. The van der Waals surface area contributed by atoms with E-state index in [1.54, 1.807) is 24.5 Å². The molecule has 10 nitrogen and oxygen atoms in total. The van der Waals surface area contributed by atoms with Gasteiger partial charge in [-0.1, -0.05) is 17.7 Å². The number of imidazole rings is 1. The maximum Gasteiger partial charge on any atom is 0.279 e. The van der Waals surface area contributed by atoms with Crippen LogP contribution >= 0.6 is 11.6 Å². The third-order valence-corrected chi connectivity index (χ3v) is 6.61. The van der Waals surface area contributed by atoms with Gasteiger partial charge in [0.2, 0.25) is 0 Å². The maximum atomic E-state index is 15.1. The Kier molecular flexibility index (Phi) is 4.63. The largest absolute Gasteiger partial charge is 0.339 e. The van der Waals surface area contributed by atoms with E-state index in [0.717, 1.165) is 0 Å². The molecule has 0 unspecified atom stereocenters. The first-order valence-electron chi connectivity index (χ1n) is 10.7. The van der Waals surface area contributed by atoms with Gasteiger partial charge in [-0.15, -0.1) is 0 Å². The van der Waals surface area contributed by atoms with Crippen LogP contribution in [0.5, 0.6) is 0 Å². The monoisotopic (exact) mass is 479 g/mol. The van der Waals surface area contributed by atoms with Gasteiger partial charge in [0.05, 0.1) is 30.1 Å². The lowest BCUT2D eigenvalue weighted by Gasteiger charge is -2.36. The fourth-order valence-electron chi connectivity index (χ4n) is 4.75. The van der Waals surface area contributed by atoms with Gasteiger partial charge in [0, 0.05) is 18.8 Å². The summed E-state index contributed by atoms with van der Waals surface area (Å²) in [5.41, 5.74) is 0.636. The fraction of sp³-hybridized carbons (Fsp3) is 0.273. The van der Waals surface area contributed by atoms with Crippen LogP contribution in [0.15, 0.2) is 54.1 Å². The first-order valence-corrected chi connectivity index (χ1v) is 11.1. The molecule has 0 aromatic carbocycles. The van der Waals surface area contributed by atoms with Crippen molar-refractivity contribution in [2.75, 3.05) is 11.4 Å². The molecule has 1 aliphatic heterocycles. The highest BCUT2D eigenvalue weighted by atomic mass is 35.5. The number of aromatic amines is 1. The van der Waals surface area contributed by atoms with E-state index >= 15 is 4.39 Å². The summed E-state index contributed by atoms with van der Waals surface area (Å²) in [6.07, 6.45) is 5.15. The Morgan fingerprint density at radius 3 is 2.94 bits per heavy atom. The fourth-order valence-corrected chi connectivity index (χ4v) is 4.97. The first kappa shape index (κ1) is 20.7. The number of hydrogen-bond donors (Lipinski definition) is 1. The standard InChI is InChI=1S/C22H19ClFN9O/c1-22(8-13(24)9-32(22)19-16-18(27-11-26-16)28-12-29-19)21-30-33-7-5-15(23)17(33)20(34)31(21)10-14-4-2-3-6-25-14/h2-7,11-13H,8-10H2,1H3,(H,26,27,28,29)/t13-,22-/m0/s1. The van der Waals surface area contributed by atoms with Gasteiger partial charge < -0.3 is 9.88 Å². The molecule has 6 rings (SSSR count). The van der Waals surface area contributed by atoms with Gasteiger partial charge in [0.1, 0.15) is 29.1 Å². The Morgan fingerprint density at radius 2 is 2.12 bits per heavy atom. The minimum atomic E-state index is -1.17. The van der Waals surface area contributed by atoms with Crippen molar-refractivity contribution in [3.05, 3.63) is 76.2 Å². The summed E-state index contributed by atoms with van der Waals surface area (Å²) in [5, 5.41) is 5.07. The molecule has 0 amide bonds. The van der Waals surface area contributed by atoms with Crippen molar-refractivity contribution in [1.82, 2.24) is 39.1 Å². The van der Waals surface area contributed by atoms with Crippen LogP contribution in [0.1, 0.15) is 24.9 Å². The van der Waals surface area contributed by atoms with E-state index in [-0.39, 0.29) is 30.6 Å². The van der Waals surface area contributed by atoms with E-state index in [0.29, 0.717) is 33.5 Å². The van der Waals surface area contributed by atoms with E-state index < -0.39 is 11.7 Å². The minimum Gasteiger partial charge on any atom is -0.339 e. The predicted molar refractivity (Wildman–Crippen MR) is 124 cm³/mol. The van der Waals surface area contributed by atoms with E-state index in [4.69, 9.17) is 16.7 Å². The summed E-state index contributed by atoms with van der Waals surface area (Å²) in [6.45, 7) is 2.09. The molecule has 0 spiro atoms. The number of H-pyrrole nitrogens is 1. The third kappa shape index (κ3) is 3.07. The highest BCUT2D eigenvalue weighted by molar-refractivity contribution is 6.33. The third-order valence-electron chi connectivity index (χ3n) is 6.30. The molecule has 0 radical (unpaired) electrons. The van der Waals surface area contributed by atoms with Gasteiger partial charge in [-0.3, -0.25) is 14.3 Å². The molecular formula is C22H19ClFN9O. The molecule has 5 aromatic heterocycles. The summed E-state index contributed by atoms with van der Waals surface area (Å²) < 4.78 is 18.1. The van der Waals surface area contributed by atoms with Crippen LogP contribution < -0.4 is 10.5 Å². The molecule has 1 N–H and O–H groups in total. The van der Waals surface area contributed by atoms with Gasteiger partial charge in [0.15, 0.2) is 17.3 Å². The number of alkyl halides is 1. The lowest BCUT2D eigenvalue weighted by molar-refractivity contribution is 0.321. The molecule has 6 heterocycles. The van der Waals surface area contributed by atoms with Gasteiger partial charge >= 0.3 is 0 Å². The number of nitrogens with one attached hydrogen (secondary N) is 1. The SMILES string of the molecule is C[C@@]1(c2nn3ccc(Cl)c3c(=O)n2Cc2ccccn2)C[C@H](F)CN1c1ncnc2[nH]cnc12. The Bertz CT molecular complexity index is 1580. The van der Waals surface area contributed by atoms with Gasteiger partial charge in [0.25, 0.3) is 5.56 Å². The van der Waals surface area contributed by atoms with Crippen molar-refractivity contribution in [2.45, 2.75) is 31.6 Å². The highest BCUT2D eigenvalue weighted by Gasteiger charge is 2.48. The Morgan fingerprint density at radius 1 is 1.24 bits per heavy atom. The van der Waals surface area contributed by atoms with Crippen molar-refractivity contribution < 1.29 is 4.39 Å². The van der Waals surface area contributed by atoms with Gasteiger partial charge in [-0.25, -0.2) is 23.9 Å². The lowest BCUT2D eigenvalue weighted by Crippen LogP contribution is -2.45. The highest BCUT2D eigenvalue weighted by Crippen LogP contribution is 2.42. The van der Waals surface area contributed by atoms with E-state index in [9.17, 15) is 4.79 Å². The molecule has 12 heteroatoms. The van der Waals surface area contributed by atoms with Crippen LogP contribution in [-0.4, -0.2) is 51.8 Å². The van der Waals surface area contributed by atoms with Crippen molar-refractivity contribution in [3.63, 3.8) is 0 Å². The molecule has 34 heavy (non-hydrogen) atoms. The Balaban J connectivity index is 1.60. The second-order valence-electron chi connectivity index (χ2n) is 8.48. The number of hydrogen-bond acceptors (Lipinski definition) is 7. The smallest absolute Gasteiger partial charge is 0.279 e. The average Bonchev–Trinajstić information content (AvgIpc) is 3.53. The van der Waals surface area contributed by atoms with Crippen molar-refractivity contribution in [3.8, 4) is 0 Å². The number of nitrogens with zero attached hydrogens (tertiary/aromatic N) is 8.